The van der Waals surface area contributed by atoms with Crippen LogP contribution in [0, 0.1) is 5.92 Å². The normalized spacial score (nSPS) is 23.0. The van der Waals surface area contributed by atoms with Crippen LogP contribution in [-0.4, -0.2) is 36.6 Å². The Labute approximate surface area is 167 Å². The molecule has 0 aliphatic heterocycles. The van der Waals surface area contributed by atoms with E-state index in [0.29, 0.717) is 4.43 Å². The Balaban J connectivity index is 2.26. The molecule has 26 heavy (non-hydrogen) atoms. The summed E-state index contributed by atoms with van der Waals surface area (Å²) in [6, 6.07) is 15.2. The average molecular weight is 506 g/mol. The smallest absolute Gasteiger partial charge is 0.198 e. The van der Waals surface area contributed by atoms with Crippen molar-refractivity contribution in [2.75, 3.05) is 4.43 Å². The minimum atomic E-state index is -4.23. The van der Waals surface area contributed by atoms with Crippen LogP contribution >= 0.6 is 22.6 Å². The number of rotatable bonds is 5. The number of alkyl halides is 1. The van der Waals surface area contributed by atoms with Crippen molar-refractivity contribution in [2.24, 2.45) is 5.92 Å². The van der Waals surface area contributed by atoms with Crippen molar-refractivity contribution in [3.05, 3.63) is 60.7 Å². The van der Waals surface area contributed by atoms with E-state index in [1.807, 2.05) is 0 Å². The number of sulfone groups is 2. The van der Waals surface area contributed by atoms with Crippen molar-refractivity contribution in [3.63, 3.8) is 0 Å². The number of halogens is 1. The van der Waals surface area contributed by atoms with Crippen LogP contribution in [0.5, 0.6) is 0 Å². The molecule has 5 nitrogen and oxygen atoms in total. The van der Waals surface area contributed by atoms with Crippen molar-refractivity contribution in [1.82, 2.24) is 0 Å². The van der Waals surface area contributed by atoms with E-state index in [2.05, 4.69) is 22.6 Å². The molecule has 0 saturated heterocycles. The molecule has 0 aromatic heterocycles. The third-order valence-electron chi connectivity index (χ3n) is 4.92. The lowest BCUT2D eigenvalue weighted by Crippen LogP contribution is -2.44. The van der Waals surface area contributed by atoms with Crippen molar-refractivity contribution in [3.8, 4) is 0 Å². The molecule has 2 atom stereocenters. The van der Waals surface area contributed by atoms with Crippen LogP contribution in [0.15, 0.2) is 70.5 Å². The maximum atomic E-state index is 13.5. The summed E-state index contributed by atoms with van der Waals surface area (Å²) in [7, 11) is -8.47. The number of hydrogen-bond donors (Lipinski definition) is 1. The second kappa shape index (κ2) is 7.21. The van der Waals surface area contributed by atoms with E-state index in [-0.39, 0.29) is 22.6 Å². The van der Waals surface area contributed by atoms with E-state index in [4.69, 9.17) is 0 Å². The molecule has 1 N–H and O–H groups in total. The first kappa shape index (κ1) is 19.8. The quantitative estimate of drug-likeness (QED) is 0.498. The summed E-state index contributed by atoms with van der Waals surface area (Å²) in [5, 5.41) is 10.4. The molecule has 0 heterocycles. The van der Waals surface area contributed by atoms with Crippen molar-refractivity contribution >= 4 is 42.3 Å². The van der Waals surface area contributed by atoms with Gasteiger partial charge in [-0.05, 0) is 36.6 Å². The van der Waals surface area contributed by atoms with E-state index in [9.17, 15) is 21.9 Å². The highest BCUT2D eigenvalue weighted by atomic mass is 127. The highest BCUT2D eigenvalue weighted by Crippen LogP contribution is 2.49. The standard InChI is InChI=1S/C18H19IO5S2/c19-13-14-11-18(12-17(14)20,25(21,22)15-7-3-1-4-8-15)26(23,24)16-9-5-2-6-10-16/h1-10,14,17,20H,11-13H2. The van der Waals surface area contributed by atoms with E-state index < -0.39 is 35.8 Å². The van der Waals surface area contributed by atoms with Gasteiger partial charge in [-0.2, -0.15) is 0 Å². The summed E-state index contributed by atoms with van der Waals surface area (Å²) in [4.78, 5) is -0.0818. The third kappa shape index (κ3) is 3.00. The van der Waals surface area contributed by atoms with Gasteiger partial charge in [0.1, 0.15) is 0 Å². The molecule has 3 rings (SSSR count). The summed E-state index contributed by atoms with van der Waals surface area (Å²) in [6.45, 7) is 0. The maximum absolute atomic E-state index is 13.5. The average Bonchev–Trinajstić information content (AvgIpc) is 3.02. The zero-order chi connectivity index (χ0) is 19.0. The van der Waals surface area contributed by atoms with Gasteiger partial charge in [-0.25, -0.2) is 16.8 Å². The molecule has 1 aliphatic carbocycles. The SMILES string of the molecule is O=S(=O)(c1ccccc1)C1(S(=O)(=O)c2ccccc2)CC(O)C(CI)C1. The summed E-state index contributed by atoms with van der Waals surface area (Å²) in [5.41, 5.74) is 0. The predicted molar refractivity (Wildman–Crippen MR) is 108 cm³/mol. The lowest BCUT2D eigenvalue weighted by atomic mass is 10.1. The van der Waals surface area contributed by atoms with Crippen molar-refractivity contribution < 1.29 is 21.9 Å². The fourth-order valence-corrected chi connectivity index (χ4v) is 9.64. The molecule has 1 saturated carbocycles. The maximum Gasteiger partial charge on any atom is 0.198 e. The first-order valence-corrected chi connectivity index (χ1v) is 12.6. The van der Waals surface area contributed by atoms with Crippen LogP contribution in [0.2, 0.25) is 0 Å². The number of aliphatic hydroxyl groups is 1. The lowest BCUT2D eigenvalue weighted by Gasteiger charge is -2.29. The van der Waals surface area contributed by atoms with E-state index in [1.165, 1.54) is 24.3 Å². The Morgan fingerprint density at radius 3 is 1.62 bits per heavy atom. The van der Waals surface area contributed by atoms with Gasteiger partial charge in [0.15, 0.2) is 23.8 Å². The van der Waals surface area contributed by atoms with E-state index >= 15 is 0 Å². The molecule has 0 radical (unpaired) electrons. The molecule has 1 aliphatic rings. The van der Waals surface area contributed by atoms with Crippen LogP contribution in [0.4, 0.5) is 0 Å². The first-order valence-electron chi connectivity index (χ1n) is 8.10. The second-order valence-electron chi connectivity index (χ2n) is 6.43. The fraction of sp³-hybridized carbons (Fsp3) is 0.333. The number of benzene rings is 2. The molecule has 2 aromatic rings. The zero-order valence-corrected chi connectivity index (χ0v) is 17.6. The van der Waals surface area contributed by atoms with E-state index in [1.54, 1.807) is 36.4 Å². The van der Waals surface area contributed by atoms with E-state index in [0.717, 1.165) is 0 Å². The van der Waals surface area contributed by atoms with Gasteiger partial charge < -0.3 is 5.11 Å². The first-order chi connectivity index (χ1) is 12.3. The second-order valence-corrected chi connectivity index (χ2v) is 12.1. The topological polar surface area (TPSA) is 88.5 Å². The van der Waals surface area contributed by atoms with Gasteiger partial charge in [0, 0.05) is 10.8 Å². The minimum absolute atomic E-state index is 0.0409. The predicted octanol–water partition coefficient (Wildman–Crippen LogP) is 2.84. The van der Waals surface area contributed by atoms with Gasteiger partial charge in [0.2, 0.25) is 0 Å². The minimum Gasteiger partial charge on any atom is -0.393 e. The summed E-state index contributed by atoms with van der Waals surface area (Å²) in [6.07, 6.45) is -1.43. The fourth-order valence-electron chi connectivity index (χ4n) is 3.47. The molecular weight excluding hydrogens is 487 g/mol. The van der Waals surface area contributed by atoms with Gasteiger partial charge in [-0.3, -0.25) is 0 Å². The van der Waals surface area contributed by atoms with Gasteiger partial charge in [0.05, 0.1) is 15.9 Å². The van der Waals surface area contributed by atoms with Crippen LogP contribution in [-0.2, 0) is 19.7 Å². The Bertz CT molecular complexity index is 903. The molecule has 2 aromatic carbocycles. The molecule has 0 spiro atoms. The Morgan fingerprint density at radius 2 is 1.27 bits per heavy atom. The molecule has 0 bridgehead atoms. The zero-order valence-electron chi connectivity index (χ0n) is 13.8. The van der Waals surface area contributed by atoms with Crippen molar-refractivity contribution in [1.29, 1.82) is 0 Å². The Morgan fingerprint density at radius 1 is 0.846 bits per heavy atom. The highest BCUT2D eigenvalue weighted by molar-refractivity contribution is 14.1. The van der Waals surface area contributed by atoms with Gasteiger partial charge >= 0.3 is 0 Å². The summed E-state index contributed by atoms with van der Waals surface area (Å²) < 4.78 is 52.4. The van der Waals surface area contributed by atoms with Crippen LogP contribution in [0.25, 0.3) is 0 Å². The Kier molecular flexibility index (Phi) is 5.49. The third-order valence-corrected chi connectivity index (χ3v) is 11.8. The monoisotopic (exact) mass is 506 g/mol. The van der Waals surface area contributed by atoms with Gasteiger partial charge in [-0.15, -0.1) is 0 Å². The molecule has 140 valence electrons. The highest BCUT2D eigenvalue weighted by Gasteiger charge is 2.62. The van der Waals surface area contributed by atoms with Crippen LogP contribution in [0.3, 0.4) is 0 Å². The molecular formula is C18H19IO5S2. The van der Waals surface area contributed by atoms with Crippen LogP contribution in [0.1, 0.15) is 12.8 Å². The molecule has 8 heteroatoms. The molecule has 1 fully saturated rings. The molecule has 2 unspecified atom stereocenters. The summed E-state index contributed by atoms with van der Waals surface area (Å²) in [5.74, 6) is -0.396. The van der Waals surface area contributed by atoms with Gasteiger partial charge in [-0.1, -0.05) is 59.0 Å². The number of hydrogen-bond acceptors (Lipinski definition) is 5. The van der Waals surface area contributed by atoms with Crippen LogP contribution < -0.4 is 0 Å². The van der Waals surface area contributed by atoms with Crippen molar-refractivity contribution in [2.45, 2.75) is 32.8 Å². The number of aliphatic hydroxyl groups excluding tert-OH is 1. The lowest BCUT2D eigenvalue weighted by molar-refractivity contribution is 0.144. The molecule has 0 amide bonds. The summed E-state index contributed by atoms with van der Waals surface area (Å²) >= 11 is 2.06. The van der Waals surface area contributed by atoms with Gasteiger partial charge in [0.25, 0.3) is 0 Å². The Hall–Kier alpha value is -0.970. The largest absolute Gasteiger partial charge is 0.393 e.